The van der Waals surface area contributed by atoms with Gasteiger partial charge in [0.1, 0.15) is 5.82 Å². The summed E-state index contributed by atoms with van der Waals surface area (Å²) in [6.45, 7) is 0.435. The largest absolute Gasteiger partial charge is 0.462 e. The highest BCUT2D eigenvalue weighted by atomic mass is 19.1. The van der Waals surface area contributed by atoms with E-state index in [0.29, 0.717) is 12.5 Å². The lowest BCUT2D eigenvalue weighted by molar-refractivity contribution is 0.0442. The van der Waals surface area contributed by atoms with Crippen LogP contribution in [0.15, 0.2) is 18.2 Å². The monoisotopic (exact) mass is 237 g/mol. The van der Waals surface area contributed by atoms with Crippen LogP contribution in [0.25, 0.3) is 0 Å². The molecule has 1 aliphatic rings. The Labute approximate surface area is 99.8 Å². The fourth-order valence-electron chi connectivity index (χ4n) is 2.11. The minimum absolute atomic E-state index is 0.0392. The van der Waals surface area contributed by atoms with Gasteiger partial charge < -0.3 is 10.5 Å². The summed E-state index contributed by atoms with van der Waals surface area (Å²) >= 11 is 0. The Morgan fingerprint density at radius 1 is 1.41 bits per heavy atom. The normalized spacial score (nSPS) is 16.1. The number of ether oxygens (including phenoxy) is 1. The van der Waals surface area contributed by atoms with E-state index in [9.17, 15) is 9.18 Å². The molecule has 1 aromatic rings. The number of esters is 1. The fourth-order valence-corrected chi connectivity index (χ4v) is 2.11. The quantitative estimate of drug-likeness (QED) is 0.649. The molecule has 1 aliphatic carbocycles. The van der Waals surface area contributed by atoms with E-state index in [0.717, 1.165) is 18.9 Å². The maximum atomic E-state index is 13.1. The number of carbonyl (C=O) groups is 1. The van der Waals surface area contributed by atoms with Crippen LogP contribution in [-0.4, -0.2) is 12.6 Å². The summed E-state index contributed by atoms with van der Waals surface area (Å²) in [6.07, 6.45) is 4.64. The predicted molar refractivity (Wildman–Crippen MR) is 63.1 cm³/mol. The lowest BCUT2D eigenvalue weighted by atomic mass is 10.1. The molecule has 1 saturated carbocycles. The van der Waals surface area contributed by atoms with E-state index in [-0.39, 0.29) is 11.3 Å². The van der Waals surface area contributed by atoms with Crippen molar-refractivity contribution in [2.75, 3.05) is 12.3 Å². The molecule has 0 aliphatic heterocycles. The summed E-state index contributed by atoms with van der Waals surface area (Å²) < 4.78 is 18.3. The average Bonchev–Trinajstić information content (AvgIpc) is 2.82. The van der Waals surface area contributed by atoms with Crippen molar-refractivity contribution >= 4 is 11.7 Å². The van der Waals surface area contributed by atoms with Crippen LogP contribution in [0.5, 0.6) is 0 Å². The lowest BCUT2D eigenvalue weighted by Gasteiger charge is -2.10. The van der Waals surface area contributed by atoms with Gasteiger partial charge in [-0.3, -0.25) is 0 Å². The Kier molecular flexibility index (Phi) is 3.61. The van der Waals surface area contributed by atoms with Crippen LogP contribution >= 0.6 is 0 Å². The van der Waals surface area contributed by atoms with Gasteiger partial charge in [-0.25, -0.2) is 9.18 Å². The third-order valence-electron chi connectivity index (χ3n) is 3.16. The Morgan fingerprint density at radius 2 is 2.12 bits per heavy atom. The van der Waals surface area contributed by atoms with Crippen molar-refractivity contribution in [3.63, 3.8) is 0 Å². The molecule has 0 radical (unpaired) electrons. The van der Waals surface area contributed by atoms with Gasteiger partial charge in [0.25, 0.3) is 0 Å². The minimum Gasteiger partial charge on any atom is -0.462 e. The van der Waals surface area contributed by atoms with E-state index in [1.807, 2.05) is 0 Å². The lowest BCUT2D eigenvalue weighted by Crippen LogP contribution is -2.12. The van der Waals surface area contributed by atoms with Gasteiger partial charge in [0.15, 0.2) is 0 Å². The van der Waals surface area contributed by atoms with Crippen molar-refractivity contribution in [1.29, 1.82) is 0 Å². The molecule has 0 spiro atoms. The number of benzene rings is 1. The van der Waals surface area contributed by atoms with E-state index < -0.39 is 11.8 Å². The van der Waals surface area contributed by atoms with Crippen molar-refractivity contribution in [1.82, 2.24) is 0 Å². The van der Waals surface area contributed by atoms with E-state index in [1.165, 1.54) is 25.0 Å². The first-order valence-electron chi connectivity index (χ1n) is 5.89. The first kappa shape index (κ1) is 11.9. The number of nitrogens with two attached hydrogens (primary N) is 1. The molecule has 17 heavy (non-hydrogen) atoms. The number of hydrogen-bond acceptors (Lipinski definition) is 3. The summed E-state index contributed by atoms with van der Waals surface area (Å²) in [4.78, 5) is 11.6. The molecule has 0 amide bonds. The molecule has 92 valence electrons. The molecule has 3 nitrogen and oxygen atoms in total. The van der Waals surface area contributed by atoms with Crippen LogP contribution in [-0.2, 0) is 4.74 Å². The number of nitrogen functional groups attached to an aromatic ring is 1. The second kappa shape index (κ2) is 5.17. The molecule has 0 heterocycles. The summed E-state index contributed by atoms with van der Waals surface area (Å²) in [7, 11) is 0. The summed E-state index contributed by atoms with van der Waals surface area (Å²) in [5.41, 5.74) is 5.59. The molecular weight excluding hydrogens is 221 g/mol. The molecule has 2 rings (SSSR count). The predicted octanol–water partition coefficient (Wildman–Crippen LogP) is 2.75. The summed E-state index contributed by atoms with van der Waals surface area (Å²) in [5, 5.41) is 0. The highest BCUT2D eigenvalue weighted by Gasteiger charge is 2.17. The maximum Gasteiger partial charge on any atom is 0.338 e. The van der Waals surface area contributed by atoms with Crippen LogP contribution in [0.3, 0.4) is 0 Å². The summed E-state index contributed by atoms with van der Waals surface area (Å²) in [5.74, 6) is -0.589. The van der Waals surface area contributed by atoms with Crippen LogP contribution < -0.4 is 5.73 Å². The van der Waals surface area contributed by atoms with Crippen molar-refractivity contribution in [3.8, 4) is 0 Å². The van der Waals surface area contributed by atoms with Gasteiger partial charge in [-0.1, -0.05) is 12.8 Å². The van der Waals surface area contributed by atoms with Crippen molar-refractivity contribution < 1.29 is 13.9 Å². The fraction of sp³-hybridized carbons (Fsp3) is 0.462. The second-order valence-corrected chi connectivity index (χ2v) is 4.49. The molecular formula is C13H16FNO2. The molecule has 0 bridgehead atoms. The highest BCUT2D eigenvalue weighted by Crippen LogP contribution is 2.25. The number of halogens is 1. The van der Waals surface area contributed by atoms with Crippen molar-refractivity contribution in [2.45, 2.75) is 25.7 Å². The Morgan fingerprint density at radius 3 is 2.76 bits per heavy atom. The Hall–Kier alpha value is -1.58. The zero-order valence-electron chi connectivity index (χ0n) is 9.62. The second-order valence-electron chi connectivity index (χ2n) is 4.49. The molecule has 0 saturated heterocycles. The Bertz CT molecular complexity index is 414. The smallest absolute Gasteiger partial charge is 0.338 e. The first-order valence-corrected chi connectivity index (χ1v) is 5.89. The van der Waals surface area contributed by atoms with E-state index in [4.69, 9.17) is 10.5 Å². The van der Waals surface area contributed by atoms with Gasteiger partial charge in [-0.2, -0.15) is 0 Å². The number of hydrogen-bond donors (Lipinski definition) is 1. The molecule has 1 aromatic carbocycles. The standard InChI is InChI=1S/C13H16FNO2/c14-11-7-10(5-6-12(11)15)13(16)17-8-9-3-1-2-4-9/h5-7,9H,1-4,8,15H2. The Balaban J connectivity index is 1.92. The third-order valence-corrected chi connectivity index (χ3v) is 3.16. The molecule has 1 fully saturated rings. The zero-order valence-corrected chi connectivity index (χ0v) is 9.62. The van der Waals surface area contributed by atoms with Crippen molar-refractivity contribution in [2.24, 2.45) is 5.92 Å². The average molecular weight is 237 g/mol. The topological polar surface area (TPSA) is 52.3 Å². The van der Waals surface area contributed by atoms with Gasteiger partial charge in [-0.05, 0) is 37.0 Å². The maximum absolute atomic E-state index is 13.1. The molecule has 0 atom stereocenters. The van der Waals surface area contributed by atoms with Crippen molar-refractivity contribution in [3.05, 3.63) is 29.6 Å². The van der Waals surface area contributed by atoms with Gasteiger partial charge in [-0.15, -0.1) is 0 Å². The number of carbonyl (C=O) groups excluding carboxylic acids is 1. The molecule has 4 heteroatoms. The van der Waals surface area contributed by atoms with Crippen LogP contribution in [0.2, 0.25) is 0 Å². The van der Waals surface area contributed by atoms with Crippen LogP contribution in [0.1, 0.15) is 36.0 Å². The van der Waals surface area contributed by atoms with Gasteiger partial charge >= 0.3 is 5.97 Å². The molecule has 0 aromatic heterocycles. The van der Waals surface area contributed by atoms with Gasteiger partial charge in [0.2, 0.25) is 0 Å². The van der Waals surface area contributed by atoms with Crippen LogP contribution in [0.4, 0.5) is 10.1 Å². The first-order chi connectivity index (χ1) is 8.16. The number of rotatable bonds is 3. The van der Waals surface area contributed by atoms with Gasteiger partial charge in [0, 0.05) is 0 Å². The SMILES string of the molecule is Nc1ccc(C(=O)OCC2CCCC2)cc1F. The van der Waals surface area contributed by atoms with Gasteiger partial charge in [0.05, 0.1) is 17.9 Å². The van der Waals surface area contributed by atoms with E-state index >= 15 is 0 Å². The van der Waals surface area contributed by atoms with E-state index in [1.54, 1.807) is 0 Å². The zero-order chi connectivity index (χ0) is 12.3. The third kappa shape index (κ3) is 2.96. The highest BCUT2D eigenvalue weighted by molar-refractivity contribution is 5.89. The van der Waals surface area contributed by atoms with Crippen LogP contribution in [0, 0.1) is 11.7 Å². The molecule has 2 N–H and O–H groups in total. The summed E-state index contributed by atoms with van der Waals surface area (Å²) in [6, 6.07) is 3.98. The minimum atomic E-state index is -0.583. The molecule has 0 unspecified atom stereocenters. The number of anilines is 1. The van der Waals surface area contributed by atoms with E-state index in [2.05, 4.69) is 0 Å².